The molecule has 1 saturated carbocycles. The van der Waals surface area contributed by atoms with Crippen molar-refractivity contribution in [3.05, 3.63) is 67.5 Å². The van der Waals surface area contributed by atoms with Crippen LogP contribution in [0.3, 0.4) is 0 Å². The van der Waals surface area contributed by atoms with Crippen molar-refractivity contribution < 1.29 is 9.21 Å². The zero-order valence-corrected chi connectivity index (χ0v) is 21.3. The van der Waals surface area contributed by atoms with Gasteiger partial charge >= 0.3 is 0 Å². The van der Waals surface area contributed by atoms with Crippen LogP contribution in [-0.4, -0.2) is 36.0 Å². The van der Waals surface area contributed by atoms with Crippen molar-refractivity contribution in [3.8, 4) is 33.9 Å². The van der Waals surface area contributed by atoms with Gasteiger partial charge in [0.2, 0.25) is 5.91 Å². The number of nitrogens with zero attached hydrogens (tertiary/aromatic N) is 4. The molecule has 1 amide bonds. The number of rotatable bonds is 6. The zero-order valence-electron chi connectivity index (χ0n) is 21.3. The van der Waals surface area contributed by atoms with E-state index < -0.39 is 0 Å². The van der Waals surface area contributed by atoms with Crippen molar-refractivity contribution in [1.82, 2.24) is 30.1 Å². The second-order valence-electron chi connectivity index (χ2n) is 10.2. The van der Waals surface area contributed by atoms with Crippen LogP contribution in [0.5, 0.6) is 0 Å². The molecule has 0 bridgehead atoms. The Morgan fingerprint density at radius 3 is 2.77 bits per heavy atom. The Kier molecular flexibility index (Phi) is 5.88. The maximum absolute atomic E-state index is 12.7. The number of hydrogen-bond donors (Lipinski definition) is 3. The number of amides is 1. The van der Waals surface area contributed by atoms with Crippen LogP contribution >= 0.6 is 0 Å². The fourth-order valence-electron chi connectivity index (χ4n) is 5.56. The van der Waals surface area contributed by atoms with Crippen LogP contribution < -0.4 is 5.32 Å². The Hall–Kier alpha value is -4.79. The molecule has 5 aromatic heterocycles. The Morgan fingerprint density at radius 2 is 1.90 bits per heavy atom. The van der Waals surface area contributed by atoms with E-state index in [9.17, 15) is 4.79 Å². The van der Waals surface area contributed by atoms with Crippen molar-refractivity contribution in [2.24, 2.45) is 5.92 Å². The van der Waals surface area contributed by atoms with Gasteiger partial charge in [0, 0.05) is 35.3 Å². The van der Waals surface area contributed by atoms with E-state index in [4.69, 9.17) is 9.40 Å². The molecule has 0 aliphatic heterocycles. The van der Waals surface area contributed by atoms with Crippen LogP contribution in [0.15, 0.2) is 71.9 Å². The van der Waals surface area contributed by atoms with Gasteiger partial charge in [0.05, 0.1) is 35.4 Å². The number of aromatic amines is 2. The van der Waals surface area contributed by atoms with E-state index in [-0.39, 0.29) is 5.91 Å². The molecule has 0 saturated heterocycles. The summed E-state index contributed by atoms with van der Waals surface area (Å²) in [7, 11) is 0. The molecule has 9 heteroatoms. The van der Waals surface area contributed by atoms with E-state index in [2.05, 4.69) is 36.5 Å². The van der Waals surface area contributed by atoms with Crippen LogP contribution in [0, 0.1) is 5.92 Å². The van der Waals surface area contributed by atoms with Crippen molar-refractivity contribution in [3.63, 3.8) is 0 Å². The van der Waals surface area contributed by atoms with Crippen molar-refractivity contribution in [2.45, 2.75) is 38.5 Å². The highest BCUT2D eigenvalue weighted by atomic mass is 16.3. The molecule has 1 aliphatic carbocycles. The first-order chi connectivity index (χ1) is 19.2. The van der Waals surface area contributed by atoms with Gasteiger partial charge in [-0.3, -0.25) is 19.9 Å². The Bertz CT molecular complexity index is 1780. The molecule has 5 heterocycles. The minimum Gasteiger partial charge on any atom is -0.472 e. The predicted octanol–water partition coefficient (Wildman–Crippen LogP) is 6.73. The average molecular weight is 518 g/mol. The molecule has 1 fully saturated rings. The van der Waals surface area contributed by atoms with Crippen molar-refractivity contribution in [2.75, 3.05) is 5.32 Å². The fourth-order valence-corrected chi connectivity index (χ4v) is 5.56. The smallest absolute Gasteiger partial charge is 0.224 e. The van der Waals surface area contributed by atoms with Crippen LogP contribution in [0.4, 0.5) is 5.69 Å². The van der Waals surface area contributed by atoms with E-state index in [0.717, 1.165) is 57.2 Å². The van der Waals surface area contributed by atoms with E-state index in [1.165, 1.54) is 19.3 Å². The summed E-state index contributed by atoms with van der Waals surface area (Å²) in [6.45, 7) is 0. The lowest BCUT2D eigenvalue weighted by atomic mass is 9.87. The summed E-state index contributed by atoms with van der Waals surface area (Å²) >= 11 is 0. The number of carbonyl (C=O) groups is 1. The third kappa shape index (κ3) is 4.56. The predicted molar refractivity (Wildman–Crippen MR) is 150 cm³/mol. The number of fused-ring (bicyclic) bond motifs is 2. The number of H-pyrrole nitrogens is 2. The molecular formula is C30H27N7O2. The molecule has 1 aromatic carbocycles. The monoisotopic (exact) mass is 517 g/mol. The van der Waals surface area contributed by atoms with E-state index in [0.29, 0.717) is 29.5 Å². The third-order valence-electron chi connectivity index (χ3n) is 7.54. The minimum absolute atomic E-state index is 0.0580. The van der Waals surface area contributed by atoms with Gasteiger partial charge in [-0.05, 0) is 54.7 Å². The summed E-state index contributed by atoms with van der Waals surface area (Å²) in [4.78, 5) is 29.8. The Morgan fingerprint density at radius 1 is 0.974 bits per heavy atom. The van der Waals surface area contributed by atoms with E-state index in [1.54, 1.807) is 24.9 Å². The van der Waals surface area contributed by atoms with E-state index in [1.807, 2.05) is 36.5 Å². The van der Waals surface area contributed by atoms with Gasteiger partial charge in [-0.25, -0.2) is 4.98 Å². The summed E-state index contributed by atoms with van der Waals surface area (Å²) < 4.78 is 5.25. The van der Waals surface area contributed by atoms with Gasteiger partial charge in [-0.15, -0.1) is 0 Å². The number of carbonyl (C=O) groups excluding carboxylic acids is 1. The summed E-state index contributed by atoms with van der Waals surface area (Å²) in [5.41, 5.74) is 7.43. The summed E-state index contributed by atoms with van der Waals surface area (Å²) in [5, 5.41) is 11.7. The number of hydrogen-bond acceptors (Lipinski definition) is 6. The molecule has 7 rings (SSSR count). The number of imidazole rings is 1. The number of benzene rings is 1. The number of anilines is 1. The van der Waals surface area contributed by atoms with Gasteiger partial charge in [-0.2, -0.15) is 5.10 Å². The molecular weight excluding hydrogens is 490 g/mol. The summed E-state index contributed by atoms with van der Waals surface area (Å²) in [5.74, 6) is 1.19. The Labute approximate surface area is 224 Å². The van der Waals surface area contributed by atoms with Crippen LogP contribution in [0.2, 0.25) is 0 Å². The number of aromatic nitrogens is 6. The topological polar surface area (TPSA) is 125 Å². The molecule has 39 heavy (non-hydrogen) atoms. The molecule has 6 aromatic rings. The SMILES string of the molecule is O=C(CC1CCCCC1)Nc1cncc(-c2ccc3[nH]nc(-c4nc5c(-c6ccoc6)nccc5[nH]4)c3c2)c1. The van der Waals surface area contributed by atoms with Gasteiger partial charge in [0.15, 0.2) is 5.82 Å². The molecule has 1 aliphatic rings. The average Bonchev–Trinajstić information content (AvgIpc) is 3.73. The highest BCUT2D eigenvalue weighted by molar-refractivity contribution is 5.98. The highest BCUT2D eigenvalue weighted by Gasteiger charge is 2.19. The number of nitrogens with one attached hydrogen (secondary N) is 3. The third-order valence-corrected chi connectivity index (χ3v) is 7.54. The quantitative estimate of drug-likeness (QED) is 0.225. The van der Waals surface area contributed by atoms with E-state index >= 15 is 0 Å². The largest absolute Gasteiger partial charge is 0.472 e. The molecule has 0 atom stereocenters. The van der Waals surface area contributed by atoms with Gasteiger partial charge in [-0.1, -0.05) is 25.3 Å². The van der Waals surface area contributed by atoms with Crippen LogP contribution in [-0.2, 0) is 4.79 Å². The zero-order chi connectivity index (χ0) is 26.2. The molecule has 194 valence electrons. The van der Waals surface area contributed by atoms with Crippen molar-refractivity contribution >= 4 is 33.5 Å². The number of furan rings is 1. The standard InChI is InChI=1S/C30H27N7O2/c38-26(12-18-4-2-1-3-5-18)33-22-13-21(15-31-16-22)19-6-7-24-23(14-19)28(37-36-24)30-34-25-8-10-32-27(29(25)35-30)20-9-11-39-17-20/h6-11,13-18H,1-5,12H2,(H,33,38)(H,34,35)(H,36,37). The first-order valence-corrected chi connectivity index (χ1v) is 13.3. The first-order valence-electron chi connectivity index (χ1n) is 13.3. The lowest BCUT2D eigenvalue weighted by Crippen LogP contribution is -2.18. The molecule has 0 unspecified atom stereocenters. The summed E-state index contributed by atoms with van der Waals surface area (Å²) in [6, 6.07) is 11.8. The first kappa shape index (κ1) is 23.3. The molecule has 0 spiro atoms. The van der Waals surface area contributed by atoms with Gasteiger partial charge < -0.3 is 14.7 Å². The van der Waals surface area contributed by atoms with Crippen LogP contribution in [0.25, 0.3) is 55.8 Å². The van der Waals surface area contributed by atoms with Crippen molar-refractivity contribution in [1.29, 1.82) is 0 Å². The molecule has 3 N–H and O–H groups in total. The molecule has 0 radical (unpaired) electrons. The number of pyridine rings is 2. The van der Waals surface area contributed by atoms with Gasteiger partial charge in [0.1, 0.15) is 16.9 Å². The normalized spacial score (nSPS) is 14.3. The lowest BCUT2D eigenvalue weighted by molar-refractivity contribution is -0.117. The lowest BCUT2D eigenvalue weighted by Gasteiger charge is -2.20. The maximum Gasteiger partial charge on any atom is 0.224 e. The second kappa shape index (κ2) is 9.83. The van der Waals surface area contributed by atoms with Gasteiger partial charge in [0.25, 0.3) is 0 Å². The second-order valence-corrected chi connectivity index (χ2v) is 10.2. The van der Waals surface area contributed by atoms with Crippen LogP contribution in [0.1, 0.15) is 38.5 Å². The minimum atomic E-state index is 0.0580. The fraction of sp³-hybridized carbons (Fsp3) is 0.233. The summed E-state index contributed by atoms with van der Waals surface area (Å²) in [6.07, 6.45) is 15.1. The highest BCUT2D eigenvalue weighted by Crippen LogP contribution is 2.33. The molecule has 9 nitrogen and oxygen atoms in total. The maximum atomic E-state index is 12.7. The Balaban J connectivity index is 1.19.